The van der Waals surface area contributed by atoms with E-state index in [1.54, 1.807) is 0 Å². The average molecular weight is 377 g/mol. The van der Waals surface area contributed by atoms with E-state index >= 15 is 0 Å². The monoisotopic (exact) mass is 377 g/mol. The Hall–Kier alpha value is -2.93. The Kier molecular flexibility index (Phi) is 5.02. The molecule has 0 aliphatic heterocycles. The van der Waals surface area contributed by atoms with Crippen LogP contribution in [-0.4, -0.2) is 36.3 Å². The van der Waals surface area contributed by atoms with Gasteiger partial charge in [0, 0.05) is 25.5 Å². The highest BCUT2D eigenvalue weighted by atomic mass is 32.2. The minimum absolute atomic E-state index is 0.0902. The van der Waals surface area contributed by atoms with Gasteiger partial charge in [-0.2, -0.15) is 0 Å². The van der Waals surface area contributed by atoms with E-state index in [4.69, 9.17) is 0 Å². The van der Waals surface area contributed by atoms with Crippen LogP contribution in [0.2, 0.25) is 0 Å². The van der Waals surface area contributed by atoms with Crippen LogP contribution in [0, 0.1) is 0 Å². The summed E-state index contributed by atoms with van der Waals surface area (Å²) in [6.45, 7) is 0. The number of hydrogen-bond donors (Lipinski definition) is 1. The van der Waals surface area contributed by atoms with Crippen LogP contribution in [0.25, 0.3) is 11.0 Å². The maximum Gasteiger partial charge on any atom is 0.191 e. The van der Waals surface area contributed by atoms with Crippen LogP contribution in [0.4, 0.5) is 0 Å². The number of hydrogen-bond acceptors (Lipinski definition) is 5. The minimum Gasteiger partial charge on any atom is -0.342 e. The summed E-state index contributed by atoms with van der Waals surface area (Å²) in [5, 5.41) is 9.25. The van der Waals surface area contributed by atoms with Gasteiger partial charge in [-0.05, 0) is 12.1 Å². The van der Waals surface area contributed by atoms with E-state index in [9.17, 15) is 4.79 Å². The van der Waals surface area contributed by atoms with Crippen LogP contribution in [0.5, 0.6) is 0 Å². The largest absolute Gasteiger partial charge is 0.342 e. The first-order chi connectivity index (χ1) is 13.2. The van der Waals surface area contributed by atoms with Gasteiger partial charge in [0.1, 0.15) is 11.6 Å². The molecule has 0 spiro atoms. The van der Waals surface area contributed by atoms with Crippen molar-refractivity contribution in [1.82, 2.24) is 24.7 Å². The molecular formula is C20H19N5OS. The number of para-hydroxylation sites is 2. The van der Waals surface area contributed by atoms with E-state index in [-0.39, 0.29) is 5.78 Å². The van der Waals surface area contributed by atoms with Crippen LogP contribution in [-0.2, 0) is 19.9 Å². The molecule has 2 heterocycles. The van der Waals surface area contributed by atoms with Gasteiger partial charge in [-0.15, -0.1) is 10.2 Å². The summed E-state index contributed by atoms with van der Waals surface area (Å²) in [7, 11) is 1.93. The summed E-state index contributed by atoms with van der Waals surface area (Å²) in [6.07, 6.45) is 1.49. The molecule has 1 N–H and O–H groups in total. The fraction of sp³-hybridized carbons (Fsp3) is 0.200. The number of aromatic amines is 1. The highest BCUT2D eigenvalue weighted by Gasteiger charge is 2.13. The summed E-state index contributed by atoms with van der Waals surface area (Å²) in [6, 6.07) is 17.3. The molecule has 0 saturated carbocycles. The van der Waals surface area contributed by atoms with E-state index in [1.807, 2.05) is 66.2 Å². The van der Waals surface area contributed by atoms with Crippen molar-refractivity contribution in [1.29, 1.82) is 0 Å². The molecule has 4 aromatic rings. The zero-order valence-electron chi connectivity index (χ0n) is 14.9. The number of Topliss-reactive ketones (excluding diaryl/α,β-unsaturated/α-hetero) is 1. The van der Waals surface area contributed by atoms with Gasteiger partial charge in [0.2, 0.25) is 0 Å². The lowest BCUT2D eigenvalue weighted by molar-refractivity contribution is 0.102. The molecule has 2 aromatic carbocycles. The number of aromatic nitrogens is 5. The Bertz CT molecular complexity index is 1040. The van der Waals surface area contributed by atoms with Gasteiger partial charge in [-0.25, -0.2) is 4.98 Å². The van der Waals surface area contributed by atoms with E-state index < -0.39 is 0 Å². The second kappa shape index (κ2) is 7.75. The van der Waals surface area contributed by atoms with Crippen molar-refractivity contribution in [3.8, 4) is 0 Å². The second-order valence-electron chi connectivity index (χ2n) is 6.24. The number of carbonyl (C=O) groups excluding carboxylic acids is 1. The molecule has 0 amide bonds. The van der Waals surface area contributed by atoms with E-state index in [2.05, 4.69) is 20.2 Å². The summed E-state index contributed by atoms with van der Waals surface area (Å²) in [5.74, 6) is 2.25. The number of nitrogens with one attached hydrogen (secondary N) is 1. The maximum atomic E-state index is 12.2. The number of aryl methyl sites for hydroxylation is 2. The molecule has 0 fully saturated rings. The summed E-state index contributed by atoms with van der Waals surface area (Å²) >= 11 is 1.41. The molecule has 0 bridgehead atoms. The highest BCUT2D eigenvalue weighted by Crippen LogP contribution is 2.18. The number of carbonyl (C=O) groups is 1. The van der Waals surface area contributed by atoms with Gasteiger partial charge in [-0.1, -0.05) is 54.2 Å². The third-order valence-electron chi connectivity index (χ3n) is 4.38. The van der Waals surface area contributed by atoms with Crippen LogP contribution in [0.3, 0.4) is 0 Å². The lowest BCUT2D eigenvalue weighted by atomic mass is 10.2. The third kappa shape index (κ3) is 3.93. The quantitative estimate of drug-likeness (QED) is 0.394. The lowest BCUT2D eigenvalue weighted by Gasteiger charge is -2.03. The SMILES string of the molecule is Cn1c(CCc2nc3ccccc3[nH]2)nnc1SCC(=O)c1ccccc1. The molecule has 0 atom stereocenters. The normalized spacial score (nSPS) is 11.1. The van der Waals surface area contributed by atoms with Crippen molar-refractivity contribution in [2.24, 2.45) is 7.05 Å². The number of imidazole rings is 1. The van der Waals surface area contributed by atoms with Crippen LogP contribution in [0.15, 0.2) is 59.8 Å². The molecule has 27 heavy (non-hydrogen) atoms. The van der Waals surface area contributed by atoms with Gasteiger partial charge in [0.05, 0.1) is 16.8 Å². The number of rotatable bonds is 7. The van der Waals surface area contributed by atoms with Gasteiger partial charge in [0.25, 0.3) is 0 Å². The van der Waals surface area contributed by atoms with Crippen molar-refractivity contribution in [2.75, 3.05) is 5.75 Å². The number of H-pyrrole nitrogens is 1. The van der Waals surface area contributed by atoms with E-state index in [0.717, 1.165) is 46.2 Å². The maximum absolute atomic E-state index is 12.2. The topological polar surface area (TPSA) is 76.5 Å². The zero-order chi connectivity index (χ0) is 18.6. The van der Waals surface area contributed by atoms with Crippen LogP contribution in [0.1, 0.15) is 22.0 Å². The van der Waals surface area contributed by atoms with Crippen molar-refractivity contribution in [3.63, 3.8) is 0 Å². The second-order valence-corrected chi connectivity index (χ2v) is 7.18. The van der Waals surface area contributed by atoms with Gasteiger partial charge >= 0.3 is 0 Å². The molecule has 0 aliphatic carbocycles. The molecule has 6 nitrogen and oxygen atoms in total. The molecular weight excluding hydrogens is 358 g/mol. The zero-order valence-corrected chi connectivity index (χ0v) is 15.7. The lowest BCUT2D eigenvalue weighted by Crippen LogP contribution is -2.05. The van der Waals surface area contributed by atoms with Gasteiger partial charge < -0.3 is 9.55 Å². The first-order valence-corrected chi connectivity index (χ1v) is 9.72. The molecule has 7 heteroatoms. The predicted octanol–water partition coefficient (Wildman–Crippen LogP) is 3.45. The Morgan fingerprint density at radius 3 is 2.63 bits per heavy atom. The summed E-state index contributed by atoms with van der Waals surface area (Å²) < 4.78 is 1.95. The highest BCUT2D eigenvalue weighted by molar-refractivity contribution is 7.99. The van der Waals surface area contributed by atoms with Gasteiger partial charge in [0.15, 0.2) is 10.9 Å². The van der Waals surface area contributed by atoms with Crippen molar-refractivity contribution in [3.05, 3.63) is 71.8 Å². The molecule has 0 radical (unpaired) electrons. The van der Waals surface area contributed by atoms with E-state index in [1.165, 1.54) is 11.8 Å². The van der Waals surface area contributed by atoms with Crippen LogP contribution < -0.4 is 0 Å². The molecule has 136 valence electrons. The number of nitrogens with zero attached hydrogens (tertiary/aromatic N) is 4. The first kappa shape index (κ1) is 17.5. The molecule has 2 aromatic heterocycles. The molecule has 0 aliphatic rings. The number of thioether (sulfide) groups is 1. The molecule has 4 rings (SSSR count). The summed E-state index contributed by atoms with van der Waals surface area (Å²) in [4.78, 5) is 20.2. The fourth-order valence-corrected chi connectivity index (χ4v) is 3.70. The Morgan fingerprint density at radius 1 is 1.04 bits per heavy atom. The smallest absolute Gasteiger partial charge is 0.191 e. The Labute approximate surface area is 161 Å². The van der Waals surface area contributed by atoms with E-state index in [0.29, 0.717) is 5.75 Å². The number of fused-ring (bicyclic) bond motifs is 1. The third-order valence-corrected chi connectivity index (χ3v) is 5.40. The van der Waals surface area contributed by atoms with Crippen molar-refractivity contribution in [2.45, 2.75) is 18.0 Å². The van der Waals surface area contributed by atoms with Crippen molar-refractivity contribution >= 4 is 28.6 Å². The molecule has 0 unspecified atom stereocenters. The standard InChI is InChI=1S/C20H19N5OS/c1-25-19(12-11-18-21-15-9-5-6-10-16(15)22-18)23-24-20(25)27-13-17(26)14-7-3-2-4-8-14/h2-10H,11-13H2,1H3,(H,21,22). The fourth-order valence-electron chi connectivity index (χ4n) is 2.88. The molecule has 0 saturated heterocycles. The predicted molar refractivity (Wildman–Crippen MR) is 106 cm³/mol. The summed E-state index contributed by atoms with van der Waals surface area (Å²) in [5.41, 5.74) is 2.74. The van der Waals surface area contributed by atoms with Gasteiger partial charge in [-0.3, -0.25) is 4.79 Å². The first-order valence-electron chi connectivity index (χ1n) is 8.73. The number of benzene rings is 2. The Morgan fingerprint density at radius 2 is 1.81 bits per heavy atom. The number of ketones is 1. The average Bonchev–Trinajstić information content (AvgIpc) is 3.28. The van der Waals surface area contributed by atoms with Crippen LogP contribution >= 0.6 is 11.8 Å². The Balaban J connectivity index is 1.37. The van der Waals surface area contributed by atoms with Crippen molar-refractivity contribution < 1.29 is 4.79 Å². The minimum atomic E-state index is 0.0902.